The van der Waals surface area contributed by atoms with E-state index in [2.05, 4.69) is 13.2 Å². The highest BCUT2D eigenvalue weighted by molar-refractivity contribution is 6.05. The van der Waals surface area contributed by atoms with Gasteiger partial charge in [-0.05, 0) is 80.7 Å². The average Bonchev–Trinajstić information content (AvgIpc) is 3.64. The largest absolute Gasteiger partial charge is 0.465 e. The number of nitrogens with zero attached hydrogens (tertiary/aromatic N) is 2. The van der Waals surface area contributed by atoms with Crippen molar-refractivity contribution >= 4 is 34.2 Å². The molecule has 3 saturated heterocycles. The standard InChI is InChI=1S/C36H46N2O6/c1-4-7-8-14-24-43-34(42)30-29-32(40)38(22-12-9-13-23-39)31(36(29)20-19-35(30,6-3)44-36)33(41)37(21-5-2)28-18-17-26-15-10-11-16-27(26)25-28/h4-5,10-11,15-18,25,29-31,39H,1-2,6-9,12-14,19-24H2,3H3/t29-,30-,31?,35+,36?/m0/s1. The fraction of sp³-hybridized carbons (Fsp3) is 0.528. The van der Waals surface area contributed by atoms with Crippen molar-refractivity contribution in [3.63, 3.8) is 0 Å². The number of aliphatic hydroxyl groups is 1. The maximum Gasteiger partial charge on any atom is 0.312 e. The van der Waals surface area contributed by atoms with Gasteiger partial charge in [0.15, 0.2) is 0 Å². The third-order valence-corrected chi connectivity index (χ3v) is 9.90. The van der Waals surface area contributed by atoms with Gasteiger partial charge in [-0.3, -0.25) is 14.4 Å². The molecule has 0 saturated carbocycles. The molecule has 8 nitrogen and oxygen atoms in total. The molecule has 3 heterocycles. The quantitative estimate of drug-likeness (QED) is 0.153. The normalized spacial score (nSPS) is 27.0. The van der Waals surface area contributed by atoms with Gasteiger partial charge in [0.1, 0.15) is 17.6 Å². The average molecular weight is 603 g/mol. The summed E-state index contributed by atoms with van der Waals surface area (Å²) in [7, 11) is 0. The first-order valence-corrected chi connectivity index (χ1v) is 16.2. The van der Waals surface area contributed by atoms with E-state index in [0.717, 1.165) is 35.7 Å². The Hall–Kier alpha value is -3.49. The zero-order chi connectivity index (χ0) is 31.3. The van der Waals surface area contributed by atoms with Crippen molar-refractivity contribution in [2.24, 2.45) is 11.8 Å². The Morgan fingerprint density at radius 1 is 1.07 bits per heavy atom. The molecule has 2 bridgehead atoms. The lowest BCUT2D eigenvalue weighted by Gasteiger charge is -2.37. The number of esters is 1. The van der Waals surface area contributed by atoms with Crippen LogP contribution in [0.25, 0.3) is 10.8 Å². The molecule has 3 fully saturated rings. The van der Waals surface area contributed by atoms with E-state index in [1.54, 1.807) is 15.9 Å². The van der Waals surface area contributed by atoms with Crippen molar-refractivity contribution in [1.82, 2.24) is 4.90 Å². The van der Waals surface area contributed by atoms with Gasteiger partial charge in [0.25, 0.3) is 5.91 Å². The fourth-order valence-electron chi connectivity index (χ4n) is 7.76. The van der Waals surface area contributed by atoms with Crippen LogP contribution in [0.2, 0.25) is 0 Å². The van der Waals surface area contributed by atoms with Gasteiger partial charge in [-0.2, -0.15) is 0 Å². The highest BCUT2D eigenvalue weighted by Crippen LogP contribution is 2.64. The van der Waals surface area contributed by atoms with Crippen LogP contribution in [-0.2, 0) is 23.9 Å². The smallest absolute Gasteiger partial charge is 0.312 e. The van der Waals surface area contributed by atoms with Gasteiger partial charge < -0.3 is 24.4 Å². The predicted molar refractivity (Wildman–Crippen MR) is 171 cm³/mol. The minimum Gasteiger partial charge on any atom is -0.465 e. The summed E-state index contributed by atoms with van der Waals surface area (Å²) >= 11 is 0. The number of unbranched alkanes of at least 4 members (excludes halogenated alkanes) is 4. The first-order valence-electron chi connectivity index (χ1n) is 16.2. The summed E-state index contributed by atoms with van der Waals surface area (Å²) in [4.78, 5) is 46.3. The molecular formula is C36H46N2O6. The Morgan fingerprint density at radius 3 is 2.59 bits per heavy atom. The summed E-state index contributed by atoms with van der Waals surface area (Å²) in [6.07, 6.45) is 9.59. The van der Waals surface area contributed by atoms with Crippen molar-refractivity contribution in [3.8, 4) is 0 Å². The Balaban J connectivity index is 1.51. The van der Waals surface area contributed by atoms with Crippen molar-refractivity contribution in [2.75, 3.05) is 31.2 Å². The highest BCUT2D eigenvalue weighted by Gasteiger charge is 2.79. The number of anilines is 1. The lowest BCUT2D eigenvalue weighted by Crippen LogP contribution is -2.56. The second-order valence-electron chi connectivity index (χ2n) is 12.4. The zero-order valence-corrected chi connectivity index (χ0v) is 25.9. The van der Waals surface area contributed by atoms with Gasteiger partial charge in [-0.1, -0.05) is 49.4 Å². The van der Waals surface area contributed by atoms with Gasteiger partial charge in [-0.15, -0.1) is 13.2 Å². The van der Waals surface area contributed by atoms with Crippen LogP contribution >= 0.6 is 0 Å². The molecule has 2 amide bonds. The Morgan fingerprint density at radius 2 is 1.86 bits per heavy atom. The number of amides is 2. The number of ether oxygens (including phenoxy) is 2. The molecule has 2 unspecified atom stereocenters. The number of benzene rings is 2. The van der Waals surface area contributed by atoms with Crippen molar-refractivity contribution < 1.29 is 29.0 Å². The van der Waals surface area contributed by atoms with E-state index < -0.39 is 35.0 Å². The van der Waals surface area contributed by atoms with E-state index in [1.165, 1.54) is 0 Å². The lowest BCUT2D eigenvalue weighted by molar-refractivity contribution is -0.161. The number of rotatable bonds is 16. The number of carbonyl (C=O) groups is 3. The molecular weight excluding hydrogens is 556 g/mol. The molecule has 0 aliphatic carbocycles. The summed E-state index contributed by atoms with van der Waals surface area (Å²) in [6, 6.07) is 13.0. The summed E-state index contributed by atoms with van der Waals surface area (Å²) < 4.78 is 12.7. The van der Waals surface area contributed by atoms with Gasteiger partial charge in [-0.25, -0.2) is 0 Å². The van der Waals surface area contributed by atoms with Crippen LogP contribution in [-0.4, -0.2) is 71.3 Å². The van der Waals surface area contributed by atoms with E-state index in [-0.39, 0.29) is 31.6 Å². The number of fused-ring (bicyclic) bond motifs is 2. The molecule has 3 aliphatic heterocycles. The molecule has 0 aromatic heterocycles. The molecule has 2 aromatic carbocycles. The molecule has 8 heteroatoms. The van der Waals surface area contributed by atoms with E-state index in [4.69, 9.17) is 9.47 Å². The summed E-state index contributed by atoms with van der Waals surface area (Å²) in [6.45, 7) is 10.6. The van der Waals surface area contributed by atoms with Crippen LogP contribution < -0.4 is 4.90 Å². The molecule has 5 atom stereocenters. The lowest BCUT2D eigenvalue weighted by atomic mass is 9.65. The van der Waals surface area contributed by atoms with Crippen LogP contribution in [0.4, 0.5) is 5.69 Å². The van der Waals surface area contributed by atoms with Gasteiger partial charge in [0.05, 0.1) is 18.1 Å². The van der Waals surface area contributed by atoms with Crippen LogP contribution in [0.1, 0.15) is 64.7 Å². The maximum atomic E-state index is 14.8. The summed E-state index contributed by atoms with van der Waals surface area (Å²) in [5, 5.41) is 11.4. The number of carbonyl (C=O) groups excluding carboxylic acids is 3. The summed E-state index contributed by atoms with van der Waals surface area (Å²) in [5.41, 5.74) is -1.25. The Bertz CT molecular complexity index is 1390. The number of allylic oxidation sites excluding steroid dienone is 1. The molecule has 44 heavy (non-hydrogen) atoms. The van der Waals surface area contributed by atoms with Crippen LogP contribution in [0.15, 0.2) is 67.8 Å². The minimum absolute atomic E-state index is 0.0702. The number of hydrogen-bond donors (Lipinski definition) is 1. The van der Waals surface area contributed by atoms with E-state index >= 15 is 0 Å². The summed E-state index contributed by atoms with van der Waals surface area (Å²) in [5.74, 6) is -2.40. The molecule has 3 aliphatic rings. The highest BCUT2D eigenvalue weighted by atomic mass is 16.6. The molecule has 0 radical (unpaired) electrons. The van der Waals surface area contributed by atoms with Gasteiger partial charge >= 0.3 is 5.97 Å². The first-order chi connectivity index (χ1) is 21.4. The zero-order valence-electron chi connectivity index (χ0n) is 25.9. The fourth-order valence-corrected chi connectivity index (χ4v) is 7.76. The second-order valence-corrected chi connectivity index (χ2v) is 12.4. The molecule has 2 aromatic rings. The van der Waals surface area contributed by atoms with Crippen molar-refractivity contribution in [1.29, 1.82) is 0 Å². The topological polar surface area (TPSA) is 96.4 Å². The molecule has 1 N–H and O–H groups in total. The third kappa shape index (κ3) is 5.58. The number of likely N-dealkylation sites (tertiary alicyclic amines) is 1. The first kappa shape index (κ1) is 31.9. The number of hydrogen-bond acceptors (Lipinski definition) is 6. The SMILES string of the molecule is C=CCCCCOC(=O)[C@@H]1[C@H]2C(=O)N(CCCCCO)C(C(=O)N(CC=C)c3ccc4ccccc4c3)C23CC[C@@]1(CC)O3. The van der Waals surface area contributed by atoms with Crippen LogP contribution in [0, 0.1) is 11.8 Å². The van der Waals surface area contributed by atoms with E-state index in [1.807, 2.05) is 55.5 Å². The number of aliphatic hydroxyl groups excluding tert-OH is 1. The van der Waals surface area contributed by atoms with Crippen LogP contribution in [0.5, 0.6) is 0 Å². The third-order valence-electron chi connectivity index (χ3n) is 9.90. The van der Waals surface area contributed by atoms with Crippen molar-refractivity contribution in [2.45, 2.75) is 82.0 Å². The molecule has 5 rings (SSSR count). The Kier molecular flexibility index (Phi) is 9.90. The van der Waals surface area contributed by atoms with E-state index in [0.29, 0.717) is 45.1 Å². The Labute approximate surface area is 260 Å². The monoisotopic (exact) mass is 602 g/mol. The predicted octanol–water partition coefficient (Wildman–Crippen LogP) is 5.58. The second kappa shape index (κ2) is 13.7. The minimum atomic E-state index is -1.12. The van der Waals surface area contributed by atoms with E-state index in [9.17, 15) is 19.5 Å². The molecule has 236 valence electrons. The van der Waals surface area contributed by atoms with Crippen LogP contribution in [0.3, 0.4) is 0 Å². The van der Waals surface area contributed by atoms with Crippen molar-refractivity contribution in [3.05, 3.63) is 67.8 Å². The van der Waals surface area contributed by atoms with Gasteiger partial charge in [0, 0.05) is 25.4 Å². The molecule has 1 spiro atoms. The van der Waals surface area contributed by atoms with Gasteiger partial charge in [0.2, 0.25) is 5.91 Å². The maximum absolute atomic E-state index is 14.8.